The minimum Gasteiger partial charge on any atom is -0.465 e. The van der Waals surface area contributed by atoms with E-state index < -0.39 is 10.0 Å². The van der Waals surface area contributed by atoms with Gasteiger partial charge in [0.05, 0.1) is 18.8 Å². The van der Waals surface area contributed by atoms with Crippen LogP contribution in [-0.2, 0) is 32.6 Å². The lowest BCUT2D eigenvalue weighted by Gasteiger charge is -2.22. The van der Waals surface area contributed by atoms with Crippen LogP contribution < -0.4 is 5.32 Å². The Hall–Kier alpha value is -3.97. The number of nitrogens with zero attached hydrogens (tertiary/aromatic N) is 2. The maximum atomic E-state index is 13.6. The van der Waals surface area contributed by atoms with Gasteiger partial charge in [0.1, 0.15) is 16.6 Å². The van der Waals surface area contributed by atoms with Crippen molar-refractivity contribution in [3.63, 3.8) is 0 Å². The fourth-order valence-corrected chi connectivity index (χ4v) is 6.46. The molecule has 0 saturated carbocycles. The first-order valence-corrected chi connectivity index (χ1v) is 14.7. The maximum Gasteiger partial charge on any atom is 0.325 e. The molecule has 0 aliphatic carbocycles. The van der Waals surface area contributed by atoms with Gasteiger partial charge in [0.2, 0.25) is 0 Å². The second-order valence-electron chi connectivity index (χ2n) is 8.53. The second-order valence-corrected chi connectivity index (χ2v) is 11.6. The van der Waals surface area contributed by atoms with E-state index in [0.29, 0.717) is 18.1 Å². The summed E-state index contributed by atoms with van der Waals surface area (Å²) in [5.74, 6) is 6.07. The Morgan fingerprint density at radius 1 is 1.00 bits per heavy atom. The van der Waals surface area contributed by atoms with Crippen molar-refractivity contribution >= 4 is 33.1 Å². The third-order valence-electron chi connectivity index (χ3n) is 5.73. The van der Waals surface area contributed by atoms with Gasteiger partial charge in [-0.3, -0.25) is 4.79 Å². The van der Waals surface area contributed by atoms with Gasteiger partial charge in [0, 0.05) is 12.1 Å². The van der Waals surface area contributed by atoms with E-state index in [9.17, 15) is 13.2 Å². The van der Waals surface area contributed by atoms with Gasteiger partial charge in [0.25, 0.3) is 10.0 Å². The number of pyridine rings is 1. The number of carbonyl (C=O) groups excluding carboxylic acids is 1. The highest BCUT2D eigenvalue weighted by atomic mass is 32.2. The molecule has 2 heterocycles. The van der Waals surface area contributed by atoms with E-state index in [-0.39, 0.29) is 29.8 Å². The number of hydrogen-bond donors (Lipinski definition) is 1. The molecule has 4 rings (SSSR count). The van der Waals surface area contributed by atoms with Gasteiger partial charge in [-0.05, 0) is 66.2 Å². The van der Waals surface area contributed by atoms with Gasteiger partial charge in [0.15, 0.2) is 0 Å². The third-order valence-corrected chi connectivity index (χ3v) is 8.90. The van der Waals surface area contributed by atoms with Gasteiger partial charge < -0.3 is 10.1 Å². The van der Waals surface area contributed by atoms with Crippen molar-refractivity contribution in [2.24, 2.45) is 0 Å². The first-order chi connectivity index (χ1) is 18.9. The average molecular weight is 560 g/mol. The van der Waals surface area contributed by atoms with Gasteiger partial charge >= 0.3 is 5.97 Å². The number of rotatable bonds is 11. The third kappa shape index (κ3) is 7.54. The minimum atomic E-state index is -3.77. The molecule has 0 aliphatic rings. The number of benzene rings is 2. The monoisotopic (exact) mass is 559 g/mol. The molecule has 7 nitrogen and oxygen atoms in total. The highest BCUT2D eigenvalue weighted by Gasteiger charge is 2.26. The minimum absolute atomic E-state index is 0.0260. The predicted molar refractivity (Wildman–Crippen MR) is 155 cm³/mol. The van der Waals surface area contributed by atoms with E-state index in [1.165, 1.54) is 15.6 Å². The SMILES string of the molecule is CC#Cc1cccc(-c2ccc(CN(Cc3cccc(NCC(=O)OCC)n3)S(=O)(=O)c3cccs3)cc2)c1. The molecular formula is C30H29N3O4S2. The van der Waals surface area contributed by atoms with Crippen LogP contribution in [0, 0.1) is 11.8 Å². The number of ether oxygens (including phenoxy) is 1. The molecule has 39 heavy (non-hydrogen) atoms. The van der Waals surface area contributed by atoms with Crippen LogP contribution in [0.25, 0.3) is 11.1 Å². The molecule has 200 valence electrons. The summed E-state index contributed by atoms with van der Waals surface area (Å²) < 4.78 is 33.8. The Kier molecular flexibility index (Phi) is 9.49. The summed E-state index contributed by atoms with van der Waals surface area (Å²) in [5.41, 5.74) is 4.41. The van der Waals surface area contributed by atoms with Crippen LogP contribution in [0.1, 0.15) is 30.7 Å². The summed E-state index contributed by atoms with van der Waals surface area (Å²) in [4.78, 5) is 16.2. The number of thiophene rings is 1. The van der Waals surface area contributed by atoms with Gasteiger partial charge in [-0.15, -0.1) is 17.3 Å². The molecule has 2 aromatic heterocycles. The molecular weight excluding hydrogens is 530 g/mol. The highest BCUT2D eigenvalue weighted by Crippen LogP contribution is 2.26. The zero-order chi connectivity index (χ0) is 27.7. The number of carbonyl (C=O) groups is 1. The maximum absolute atomic E-state index is 13.6. The van der Waals surface area contributed by atoms with Crippen LogP contribution >= 0.6 is 11.3 Å². The molecule has 0 atom stereocenters. The van der Waals surface area contributed by atoms with Crippen molar-refractivity contribution in [3.05, 3.63) is 101 Å². The lowest BCUT2D eigenvalue weighted by Crippen LogP contribution is -2.30. The van der Waals surface area contributed by atoms with Crippen LogP contribution in [0.4, 0.5) is 5.82 Å². The van der Waals surface area contributed by atoms with Crippen LogP contribution in [-0.4, -0.2) is 36.8 Å². The number of hydrogen-bond acceptors (Lipinski definition) is 7. The summed E-state index contributed by atoms with van der Waals surface area (Å²) in [7, 11) is -3.77. The average Bonchev–Trinajstić information content (AvgIpc) is 3.49. The van der Waals surface area contributed by atoms with Crippen LogP contribution in [0.5, 0.6) is 0 Å². The Labute approximate surface area is 233 Å². The molecule has 0 radical (unpaired) electrons. The van der Waals surface area contributed by atoms with Crippen molar-refractivity contribution in [1.82, 2.24) is 9.29 Å². The molecule has 0 bridgehead atoms. The molecule has 0 spiro atoms. The van der Waals surface area contributed by atoms with E-state index in [0.717, 1.165) is 22.3 Å². The van der Waals surface area contributed by atoms with Crippen molar-refractivity contribution < 1.29 is 17.9 Å². The van der Waals surface area contributed by atoms with E-state index >= 15 is 0 Å². The summed E-state index contributed by atoms with van der Waals surface area (Å²) in [6.45, 7) is 4.06. The number of sulfonamides is 1. The summed E-state index contributed by atoms with van der Waals surface area (Å²) in [5, 5.41) is 4.68. The molecule has 2 aromatic carbocycles. The highest BCUT2D eigenvalue weighted by molar-refractivity contribution is 7.91. The Bertz CT molecular complexity index is 1570. The Morgan fingerprint density at radius 2 is 1.79 bits per heavy atom. The van der Waals surface area contributed by atoms with E-state index in [4.69, 9.17) is 4.74 Å². The first kappa shape index (κ1) is 28.0. The quantitative estimate of drug-likeness (QED) is 0.192. The lowest BCUT2D eigenvalue weighted by molar-refractivity contribution is -0.140. The molecule has 9 heteroatoms. The smallest absolute Gasteiger partial charge is 0.325 e. The number of nitrogens with one attached hydrogen (secondary N) is 1. The molecule has 0 unspecified atom stereocenters. The molecule has 1 N–H and O–H groups in total. The Morgan fingerprint density at radius 3 is 2.51 bits per heavy atom. The summed E-state index contributed by atoms with van der Waals surface area (Å²) in [6, 6.07) is 24.4. The summed E-state index contributed by atoms with van der Waals surface area (Å²) >= 11 is 1.18. The number of anilines is 1. The topological polar surface area (TPSA) is 88.6 Å². The van der Waals surface area contributed by atoms with E-state index in [2.05, 4.69) is 22.1 Å². The standard InChI is InChI=1S/C30H29N3O4S2/c1-3-8-23-9-5-10-26(19-23)25-16-14-24(15-17-25)21-33(39(35,36)30-13-7-18-38-30)22-27-11-6-12-28(32-27)31-20-29(34)37-4-2/h5-7,9-19H,4,20-22H2,1-2H3,(H,31,32). The number of esters is 1. The molecule has 0 saturated heterocycles. The van der Waals surface area contributed by atoms with Crippen LogP contribution in [0.2, 0.25) is 0 Å². The predicted octanol–water partition coefficient (Wildman–Crippen LogP) is 5.55. The second kappa shape index (κ2) is 13.2. The lowest BCUT2D eigenvalue weighted by atomic mass is 10.0. The fourth-order valence-electron chi connectivity index (χ4n) is 3.91. The molecule has 0 fully saturated rings. The van der Waals surface area contributed by atoms with Crippen molar-refractivity contribution in [2.75, 3.05) is 18.5 Å². The van der Waals surface area contributed by atoms with Crippen LogP contribution in [0.3, 0.4) is 0 Å². The largest absolute Gasteiger partial charge is 0.465 e. The van der Waals surface area contributed by atoms with E-state index in [1.54, 1.807) is 42.6 Å². The van der Waals surface area contributed by atoms with Gasteiger partial charge in [-0.2, -0.15) is 4.31 Å². The van der Waals surface area contributed by atoms with Crippen molar-refractivity contribution in [1.29, 1.82) is 0 Å². The van der Waals surface area contributed by atoms with Gasteiger partial charge in [-0.1, -0.05) is 54.5 Å². The fraction of sp³-hybridized carbons (Fsp3) is 0.200. The molecule has 0 amide bonds. The van der Waals surface area contributed by atoms with Crippen molar-refractivity contribution in [2.45, 2.75) is 31.1 Å². The Balaban J connectivity index is 1.56. The van der Waals surface area contributed by atoms with Gasteiger partial charge in [-0.25, -0.2) is 13.4 Å². The molecule has 4 aromatic rings. The number of aromatic nitrogens is 1. The summed E-state index contributed by atoms with van der Waals surface area (Å²) in [6.07, 6.45) is 0. The van der Waals surface area contributed by atoms with Crippen molar-refractivity contribution in [3.8, 4) is 23.0 Å². The zero-order valence-corrected chi connectivity index (χ0v) is 23.4. The first-order valence-electron chi connectivity index (χ1n) is 12.4. The van der Waals surface area contributed by atoms with E-state index in [1.807, 2.05) is 55.5 Å². The zero-order valence-electron chi connectivity index (χ0n) is 21.8. The van der Waals surface area contributed by atoms with Crippen LogP contribution in [0.15, 0.2) is 88.5 Å². The molecule has 0 aliphatic heterocycles. The normalized spacial score (nSPS) is 11.1.